The molecule has 0 aromatic rings. The molecule has 0 aromatic carbocycles. The minimum Gasteiger partial charge on any atom is -0.462 e. The van der Waals surface area contributed by atoms with Crippen molar-refractivity contribution in [1.82, 2.24) is 0 Å². The van der Waals surface area contributed by atoms with Gasteiger partial charge in [-0.1, -0.05) is 381 Å². The maximum absolute atomic E-state index is 13.1. The van der Waals surface area contributed by atoms with Gasteiger partial charge in [-0.15, -0.1) is 0 Å². The zero-order valence-electron chi connectivity index (χ0n) is 65.3. The van der Waals surface area contributed by atoms with Gasteiger partial charge in [-0.05, 0) is 31.6 Å². The fraction of sp³-hybridized carbons (Fsp3) is 0.951. The van der Waals surface area contributed by atoms with Gasteiger partial charge in [0.2, 0.25) is 0 Å². The van der Waals surface area contributed by atoms with Crippen molar-refractivity contribution in [2.24, 2.45) is 5.92 Å². The Morgan fingerprint density at radius 1 is 0.270 bits per heavy atom. The summed E-state index contributed by atoms with van der Waals surface area (Å²) in [5.41, 5.74) is 0. The van der Waals surface area contributed by atoms with Crippen molar-refractivity contribution in [2.75, 3.05) is 39.6 Å². The molecule has 5 atom stereocenters. The average Bonchev–Trinajstić information content (AvgIpc) is 1.07. The van der Waals surface area contributed by atoms with Gasteiger partial charge < -0.3 is 33.8 Å². The van der Waals surface area contributed by atoms with E-state index >= 15 is 0 Å². The zero-order chi connectivity index (χ0) is 73.4. The van der Waals surface area contributed by atoms with Gasteiger partial charge >= 0.3 is 39.5 Å². The van der Waals surface area contributed by atoms with Crippen LogP contribution in [0.2, 0.25) is 0 Å². The average molecular weight is 1470 g/mol. The van der Waals surface area contributed by atoms with Crippen molar-refractivity contribution in [3.63, 3.8) is 0 Å². The van der Waals surface area contributed by atoms with Gasteiger partial charge in [-0.25, -0.2) is 9.13 Å². The van der Waals surface area contributed by atoms with Crippen LogP contribution >= 0.6 is 15.6 Å². The Morgan fingerprint density at radius 3 is 0.680 bits per heavy atom. The van der Waals surface area contributed by atoms with Gasteiger partial charge in [0.05, 0.1) is 26.4 Å². The van der Waals surface area contributed by atoms with Gasteiger partial charge in [-0.2, -0.15) is 0 Å². The number of aliphatic hydroxyl groups excluding tert-OH is 1. The molecule has 0 aliphatic heterocycles. The molecule has 0 spiro atoms. The number of aliphatic hydroxyl groups is 1. The summed E-state index contributed by atoms with van der Waals surface area (Å²) in [6.07, 6.45) is 65.5. The van der Waals surface area contributed by atoms with Crippen LogP contribution in [-0.4, -0.2) is 96.7 Å². The lowest BCUT2D eigenvalue weighted by atomic mass is 10.0. The maximum atomic E-state index is 13.1. The Labute approximate surface area is 613 Å². The molecule has 0 saturated heterocycles. The number of rotatable bonds is 81. The number of carbonyl (C=O) groups is 4. The minimum absolute atomic E-state index is 0.108. The number of phosphoric ester groups is 2. The second-order valence-electron chi connectivity index (χ2n) is 29.6. The number of unbranched alkanes of at least 4 members (excludes halogenated alkanes) is 53. The summed E-state index contributed by atoms with van der Waals surface area (Å²) in [4.78, 5) is 72.8. The van der Waals surface area contributed by atoms with E-state index in [9.17, 15) is 43.2 Å². The highest BCUT2D eigenvalue weighted by Gasteiger charge is 2.30. The second kappa shape index (κ2) is 73.9. The number of ether oxygens (including phenoxy) is 4. The summed E-state index contributed by atoms with van der Waals surface area (Å²) in [5, 5.41) is 10.6. The molecule has 2 unspecified atom stereocenters. The van der Waals surface area contributed by atoms with E-state index in [1.54, 1.807) is 0 Å². The quantitative estimate of drug-likeness (QED) is 0.0222. The lowest BCUT2D eigenvalue weighted by molar-refractivity contribution is -0.161. The van der Waals surface area contributed by atoms with Crippen molar-refractivity contribution >= 4 is 39.5 Å². The van der Waals surface area contributed by atoms with Crippen LogP contribution in [0.5, 0.6) is 0 Å². The molecular weight excluding hydrogens is 1310 g/mol. The van der Waals surface area contributed by atoms with Gasteiger partial charge in [0.1, 0.15) is 19.3 Å². The smallest absolute Gasteiger partial charge is 0.462 e. The summed E-state index contributed by atoms with van der Waals surface area (Å²) in [6.45, 7) is 7.31. The molecule has 0 heterocycles. The minimum atomic E-state index is -4.96. The Kier molecular flexibility index (Phi) is 72.5. The lowest BCUT2D eigenvalue weighted by Crippen LogP contribution is -2.30. The third-order valence-corrected chi connectivity index (χ3v) is 20.9. The van der Waals surface area contributed by atoms with E-state index in [0.717, 1.165) is 109 Å². The van der Waals surface area contributed by atoms with Crippen molar-refractivity contribution in [3.8, 4) is 0 Å². The summed E-state index contributed by atoms with van der Waals surface area (Å²) in [5.74, 6) is -1.31. The fourth-order valence-electron chi connectivity index (χ4n) is 12.6. The van der Waals surface area contributed by atoms with Crippen LogP contribution in [-0.2, 0) is 65.4 Å². The van der Waals surface area contributed by atoms with Crippen LogP contribution in [0.4, 0.5) is 0 Å². The number of hydrogen-bond acceptors (Lipinski definition) is 15. The largest absolute Gasteiger partial charge is 0.472 e. The maximum Gasteiger partial charge on any atom is 0.472 e. The van der Waals surface area contributed by atoms with Gasteiger partial charge in [0.15, 0.2) is 12.2 Å². The van der Waals surface area contributed by atoms with E-state index in [4.69, 9.17) is 37.0 Å². The third-order valence-electron chi connectivity index (χ3n) is 19.0. The highest BCUT2D eigenvalue weighted by atomic mass is 31.2. The molecule has 100 heavy (non-hydrogen) atoms. The van der Waals surface area contributed by atoms with Crippen LogP contribution in [0.1, 0.15) is 433 Å². The van der Waals surface area contributed by atoms with E-state index in [0.29, 0.717) is 25.7 Å². The second-order valence-corrected chi connectivity index (χ2v) is 32.5. The van der Waals surface area contributed by atoms with E-state index in [1.165, 1.54) is 244 Å². The zero-order valence-corrected chi connectivity index (χ0v) is 67.1. The van der Waals surface area contributed by atoms with E-state index < -0.39 is 97.5 Å². The monoisotopic (exact) mass is 1470 g/mol. The first-order chi connectivity index (χ1) is 48.5. The molecule has 19 heteroatoms. The topological polar surface area (TPSA) is 237 Å². The predicted molar refractivity (Wildman–Crippen MR) is 409 cm³/mol. The Morgan fingerprint density at radius 2 is 0.460 bits per heavy atom. The lowest BCUT2D eigenvalue weighted by Gasteiger charge is -2.21. The first-order valence-electron chi connectivity index (χ1n) is 42.1. The summed E-state index contributed by atoms with van der Waals surface area (Å²) in [6, 6.07) is 0. The van der Waals surface area contributed by atoms with Crippen LogP contribution in [0.3, 0.4) is 0 Å². The molecule has 594 valence electrons. The molecule has 3 N–H and O–H groups in total. The predicted octanol–water partition coefficient (Wildman–Crippen LogP) is 24.4. The Bertz CT molecular complexity index is 1910. The van der Waals surface area contributed by atoms with Crippen molar-refractivity contribution < 1.29 is 80.2 Å². The number of hydrogen-bond donors (Lipinski definition) is 3. The van der Waals surface area contributed by atoms with Crippen molar-refractivity contribution in [1.29, 1.82) is 0 Å². The molecule has 0 rings (SSSR count). The van der Waals surface area contributed by atoms with Crippen LogP contribution < -0.4 is 0 Å². The molecule has 0 bridgehead atoms. The molecule has 0 aromatic heterocycles. The molecule has 0 aliphatic rings. The first-order valence-corrected chi connectivity index (χ1v) is 45.1. The normalized spacial score (nSPS) is 13.8. The fourth-order valence-corrected chi connectivity index (χ4v) is 14.2. The molecule has 0 aliphatic carbocycles. The summed E-state index contributed by atoms with van der Waals surface area (Å²) in [7, 11) is -9.91. The van der Waals surface area contributed by atoms with Crippen LogP contribution in [0, 0.1) is 5.92 Å². The standard InChI is InChI=1S/C81H158O17P2/c1-6-9-12-15-18-20-22-24-25-26-27-28-29-30-31-34-39-43-47-52-57-62-67-81(86)98-77(71-92-79(84)65-60-55-50-45-41-38-35-32-33-37-40-44-49-53-58-63-74(4)5)73-96-100(89,90)94-69-75(82)68-93-99(87,88)95-72-76(70-91-78(83)64-59-54-48-17-14-11-8-3)97-80(85)66-61-56-51-46-42-36-23-21-19-16-13-10-7-2/h74-77,82H,6-73H2,1-5H3,(H,87,88)(H,89,90)/t75-,76+,77+/m0/s1. The molecule has 0 saturated carbocycles. The first kappa shape index (κ1) is 98.1. The molecule has 17 nitrogen and oxygen atoms in total. The van der Waals surface area contributed by atoms with Gasteiger partial charge in [0.25, 0.3) is 0 Å². The number of esters is 4. The Balaban J connectivity index is 5.16. The molecular formula is C81H158O17P2. The number of phosphoric acid groups is 2. The van der Waals surface area contributed by atoms with Crippen molar-refractivity contribution in [2.45, 2.75) is 451 Å². The van der Waals surface area contributed by atoms with Gasteiger partial charge in [-0.3, -0.25) is 37.3 Å². The Hall–Kier alpha value is -1.94. The SMILES string of the molecule is CCCCCCCCCCCCCCCCCCCCCCCCC(=O)O[C@H](COC(=O)CCCCCCCCCCCCCCCCCC(C)C)COP(=O)(O)OC[C@@H](O)COP(=O)(O)OC[C@@H](COC(=O)CCCCCCCCC)OC(=O)CCCCCCCCCCCCCCC. The van der Waals surface area contributed by atoms with E-state index in [2.05, 4.69) is 34.6 Å². The van der Waals surface area contributed by atoms with Crippen LogP contribution in [0.25, 0.3) is 0 Å². The molecule has 0 amide bonds. The highest BCUT2D eigenvalue weighted by Crippen LogP contribution is 2.45. The van der Waals surface area contributed by atoms with Gasteiger partial charge in [0, 0.05) is 25.7 Å². The van der Waals surface area contributed by atoms with E-state index in [-0.39, 0.29) is 25.7 Å². The third kappa shape index (κ3) is 74.3. The summed E-state index contributed by atoms with van der Waals surface area (Å²) < 4.78 is 68.6. The molecule has 0 radical (unpaired) electrons. The van der Waals surface area contributed by atoms with Crippen LogP contribution in [0.15, 0.2) is 0 Å². The number of carbonyl (C=O) groups excluding carboxylic acids is 4. The highest BCUT2D eigenvalue weighted by molar-refractivity contribution is 7.47. The summed E-state index contributed by atoms with van der Waals surface area (Å²) >= 11 is 0. The molecule has 0 fully saturated rings. The van der Waals surface area contributed by atoms with E-state index in [1.807, 2.05) is 0 Å². The van der Waals surface area contributed by atoms with Crippen molar-refractivity contribution in [3.05, 3.63) is 0 Å².